The number of carbonyl (C=O) groups is 1. The third kappa shape index (κ3) is 3.53. The molecule has 0 unspecified atom stereocenters. The molecule has 1 aliphatic heterocycles. The highest BCUT2D eigenvalue weighted by Gasteiger charge is 2.22. The third-order valence-electron chi connectivity index (χ3n) is 2.21. The van der Waals surface area contributed by atoms with Crippen molar-refractivity contribution in [3.8, 4) is 0 Å². The Bertz CT molecular complexity index is 346. The van der Waals surface area contributed by atoms with Gasteiger partial charge in [-0.15, -0.1) is 0 Å². The largest absolute Gasteiger partial charge is 0.371 e. The van der Waals surface area contributed by atoms with Crippen molar-refractivity contribution in [2.45, 2.75) is 12.5 Å². The highest BCUT2D eigenvalue weighted by Crippen LogP contribution is 2.10. The summed E-state index contributed by atoms with van der Waals surface area (Å²) in [5, 5.41) is 3.50. The van der Waals surface area contributed by atoms with Crippen molar-refractivity contribution in [2.75, 3.05) is 13.2 Å². The van der Waals surface area contributed by atoms with E-state index in [2.05, 4.69) is 5.32 Å². The maximum Gasteiger partial charge on any atom is 0.224 e. The molecule has 0 bridgehead atoms. The fourth-order valence-corrected chi connectivity index (χ4v) is 1.39. The Hall–Kier alpha value is -1.06. The summed E-state index contributed by atoms with van der Waals surface area (Å²) in [5.74, 6) is 0.0211. The van der Waals surface area contributed by atoms with Gasteiger partial charge in [0.1, 0.15) is 0 Å². The van der Waals surface area contributed by atoms with E-state index in [1.165, 1.54) is 0 Å². The van der Waals surface area contributed by atoms with Gasteiger partial charge < -0.3 is 10.1 Å². The van der Waals surface area contributed by atoms with Crippen LogP contribution in [0.4, 0.5) is 0 Å². The first-order chi connectivity index (χ1) is 7.24. The van der Waals surface area contributed by atoms with Gasteiger partial charge in [0, 0.05) is 11.6 Å². The molecule has 1 amide bonds. The molecule has 1 aromatic rings. The molecule has 4 heteroatoms. The van der Waals surface area contributed by atoms with Crippen LogP contribution in [0.15, 0.2) is 24.3 Å². The van der Waals surface area contributed by atoms with Crippen LogP contribution in [0.5, 0.6) is 0 Å². The van der Waals surface area contributed by atoms with Crippen molar-refractivity contribution in [1.82, 2.24) is 5.32 Å². The monoisotopic (exact) mass is 225 g/mol. The van der Waals surface area contributed by atoms with Crippen LogP contribution < -0.4 is 5.32 Å². The second kappa shape index (κ2) is 4.64. The minimum atomic E-state index is 0.0211. The molecule has 0 aliphatic carbocycles. The van der Waals surface area contributed by atoms with Crippen molar-refractivity contribution in [1.29, 1.82) is 0 Å². The molecule has 2 rings (SSSR count). The number of nitrogens with one attached hydrogen (secondary N) is 1. The Morgan fingerprint density at radius 3 is 2.73 bits per heavy atom. The van der Waals surface area contributed by atoms with Gasteiger partial charge in [0.05, 0.1) is 19.1 Å². The number of rotatable bonds is 4. The quantitative estimate of drug-likeness (QED) is 0.787. The highest BCUT2D eigenvalue weighted by molar-refractivity contribution is 6.30. The van der Waals surface area contributed by atoms with Crippen LogP contribution in [0.3, 0.4) is 0 Å². The minimum absolute atomic E-state index is 0.0211. The number of ether oxygens (including phenoxy) is 1. The van der Waals surface area contributed by atoms with Crippen LogP contribution in [0.2, 0.25) is 5.02 Å². The van der Waals surface area contributed by atoms with E-state index in [0.29, 0.717) is 18.0 Å². The molecule has 0 saturated carbocycles. The van der Waals surface area contributed by atoms with Gasteiger partial charge in [-0.3, -0.25) is 4.79 Å². The molecule has 80 valence electrons. The lowest BCUT2D eigenvalue weighted by Crippen LogP contribution is -2.28. The summed E-state index contributed by atoms with van der Waals surface area (Å²) >= 11 is 5.74. The van der Waals surface area contributed by atoms with Crippen LogP contribution in [-0.4, -0.2) is 25.2 Å². The molecule has 15 heavy (non-hydrogen) atoms. The Kier molecular flexibility index (Phi) is 3.23. The van der Waals surface area contributed by atoms with Gasteiger partial charge in [-0.2, -0.15) is 0 Å². The summed E-state index contributed by atoms with van der Waals surface area (Å²) in [4.78, 5) is 11.4. The van der Waals surface area contributed by atoms with E-state index >= 15 is 0 Å². The topological polar surface area (TPSA) is 41.6 Å². The second-order valence-electron chi connectivity index (χ2n) is 3.56. The van der Waals surface area contributed by atoms with Crippen molar-refractivity contribution in [2.24, 2.45) is 0 Å². The third-order valence-corrected chi connectivity index (χ3v) is 2.46. The van der Waals surface area contributed by atoms with Crippen molar-refractivity contribution in [3.05, 3.63) is 34.9 Å². The number of carbonyl (C=O) groups excluding carboxylic acids is 1. The van der Waals surface area contributed by atoms with Crippen molar-refractivity contribution in [3.63, 3.8) is 0 Å². The van der Waals surface area contributed by atoms with Gasteiger partial charge in [0.15, 0.2) is 0 Å². The van der Waals surface area contributed by atoms with Crippen molar-refractivity contribution >= 4 is 17.5 Å². The highest BCUT2D eigenvalue weighted by atomic mass is 35.5. The lowest BCUT2D eigenvalue weighted by Gasteiger charge is -2.03. The molecule has 1 N–H and O–H groups in total. The second-order valence-corrected chi connectivity index (χ2v) is 4.00. The van der Waals surface area contributed by atoms with Crippen LogP contribution in [0.25, 0.3) is 0 Å². The molecule has 0 spiro atoms. The molecule has 1 aromatic carbocycles. The summed E-state index contributed by atoms with van der Waals surface area (Å²) in [6, 6.07) is 7.29. The predicted molar refractivity (Wildman–Crippen MR) is 57.9 cm³/mol. The average Bonchev–Trinajstić information content (AvgIpc) is 3.02. The molecule has 0 radical (unpaired) electrons. The van der Waals surface area contributed by atoms with E-state index in [1.807, 2.05) is 12.1 Å². The predicted octanol–water partition coefficient (Wildman–Crippen LogP) is 1.40. The van der Waals surface area contributed by atoms with Gasteiger partial charge in [0.2, 0.25) is 5.91 Å². The molecular weight excluding hydrogens is 214 g/mol. The number of epoxide rings is 1. The number of hydrogen-bond acceptors (Lipinski definition) is 2. The van der Waals surface area contributed by atoms with Crippen molar-refractivity contribution < 1.29 is 9.53 Å². The Balaban J connectivity index is 1.79. The zero-order valence-corrected chi connectivity index (χ0v) is 8.96. The average molecular weight is 226 g/mol. The van der Waals surface area contributed by atoms with E-state index in [4.69, 9.17) is 16.3 Å². The van der Waals surface area contributed by atoms with E-state index in [9.17, 15) is 4.79 Å². The molecule has 1 aliphatic rings. The fourth-order valence-electron chi connectivity index (χ4n) is 1.26. The summed E-state index contributed by atoms with van der Waals surface area (Å²) < 4.78 is 4.99. The van der Waals surface area contributed by atoms with Gasteiger partial charge in [-0.25, -0.2) is 0 Å². The zero-order chi connectivity index (χ0) is 10.7. The normalized spacial score (nSPS) is 18.6. The minimum Gasteiger partial charge on any atom is -0.371 e. The van der Waals surface area contributed by atoms with E-state index in [-0.39, 0.29) is 12.0 Å². The first-order valence-corrected chi connectivity index (χ1v) is 5.24. The van der Waals surface area contributed by atoms with E-state index in [1.54, 1.807) is 12.1 Å². The number of amides is 1. The van der Waals surface area contributed by atoms with Gasteiger partial charge in [0.25, 0.3) is 0 Å². The standard InChI is InChI=1S/C11H12ClNO2/c12-9-3-1-8(2-4-9)5-11(14)13-6-10-7-15-10/h1-4,10H,5-7H2,(H,13,14)/t10-/m1/s1. The van der Waals surface area contributed by atoms with Crippen LogP contribution in [0.1, 0.15) is 5.56 Å². The van der Waals surface area contributed by atoms with Crippen LogP contribution in [-0.2, 0) is 16.0 Å². The molecule has 1 saturated heterocycles. The van der Waals surface area contributed by atoms with Gasteiger partial charge in [-0.05, 0) is 17.7 Å². The maximum atomic E-state index is 11.4. The van der Waals surface area contributed by atoms with Gasteiger partial charge >= 0.3 is 0 Å². The lowest BCUT2D eigenvalue weighted by atomic mass is 10.1. The Labute approximate surface area is 93.4 Å². The summed E-state index contributed by atoms with van der Waals surface area (Å²) in [6.45, 7) is 1.38. The van der Waals surface area contributed by atoms with Crippen LogP contribution in [0, 0.1) is 0 Å². The molecule has 3 nitrogen and oxygen atoms in total. The SMILES string of the molecule is O=C(Cc1ccc(Cl)cc1)NC[C@@H]1CO1. The fraction of sp³-hybridized carbons (Fsp3) is 0.364. The number of benzene rings is 1. The number of halogens is 1. The summed E-state index contributed by atoms with van der Waals surface area (Å²) in [7, 11) is 0. The van der Waals surface area contributed by atoms with E-state index < -0.39 is 0 Å². The number of hydrogen-bond donors (Lipinski definition) is 1. The summed E-state index contributed by atoms with van der Waals surface area (Å²) in [5.41, 5.74) is 0.966. The summed E-state index contributed by atoms with van der Waals surface area (Å²) in [6.07, 6.45) is 0.628. The first kappa shape index (κ1) is 10.5. The first-order valence-electron chi connectivity index (χ1n) is 4.87. The smallest absolute Gasteiger partial charge is 0.224 e. The molecular formula is C11H12ClNO2. The Morgan fingerprint density at radius 1 is 1.47 bits per heavy atom. The molecule has 1 fully saturated rings. The molecule has 1 heterocycles. The molecule has 0 aromatic heterocycles. The lowest BCUT2D eigenvalue weighted by molar-refractivity contribution is -0.120. The van der Waals surface area contributed by atoms with E-state index in [0.717, 1.165) is 12.2 Å². The van der Waals surface area contributed by atoms with Crippen LogP contribution >= 0.6 is 11.6 Å². The molecule has 1 atom stereocenters. The Morgan fingerprint density at radius 2 is 2.13 bits per heavy atom. The zero-order valence-electron chi connectivity index (χ0n) is 8.20. The maximum absolute atomic E-state index is 11.4. The van der Waals surface area contributed by atoms with Gasteiger partial charge in [-0.1, -0.05) is 23.7 Å².